The second kappa shape index (κ2) is 8.91. The molecule has 1 rings (SSSR count). The molecule has 0 aliphatic carbocycles. The first-order chi connectivity index (χ1) is 11.1. The summed E-state index contributed by atoms with van der Waals surface area (Å²) < 4.78 is 11.6. The Hall–Kier alpha value is -1.77. The molecule has 0 amide bonds. The minimum atomic E-state index is -0.272. The Morgan fingerprint density at radius 1 is 1.12 bits per heavy atom. The van der Waals surface area contributed by atoms with Gasteiger partial charge in [-0.15, -0.1) is 0 Å². The molecule has 0 spiro atoms. The Labute approximate surface area is 147 Å². The number of ether oxygens (including phenoxy) is 2. The van der Waals surface area contributed by atoms with Gasteiger partial charge in [0.05, 0.1) is 18.8 Å². The lowest BCUT2D eigenvalue weighted by atomic mass is 9.81. The summed E-state index contributed by atoms with van der Waals surface area (Å²) in [6.45, 7) is 14.5. The van der Waals surface area contributed by atoms with Crippen molar-refractivity contribution in [3.63, 3.8) is 0 Å². The van der Waals surface area contributed by atoms with Crippen molar-refractivity contribution in [1.29, 1.82) is 0 Å². The first-order valence-electron chi connectivity index (χ1n) is 8.69. The minimum absolute atomic E-state index is 0.0453. The molecule has 0 radical (unpaired) electrons. The smallest absolute Gasteiger partial charge is 0.308 e. The van der Waals surface area contributed by atoms with E-state index in [0.29, 0.717) is 12.5 Å². The lowest BCUT2D eigenvalue weighted by molar-refractivity contribution is -0.154. The Kier molecular flexibility index (Phi) is 7.53. The molecule has 0 aliphatic heterocycles. The number of hydrogen-bond donors (Lipinski definition) is 0. The molecule has 1 aromatic carbocycles. The maximum absolute atomic E-state index is 11.8. The zero-order valence-electron chi connectivity index (χ0n) is 16.1. The third-order valence-electron chi connectivity index (χ3n) is 4.05. The van der Waals surface area contributed by atoms with Crippen molar-refractivity contribution in [2.75, 3.05) is 6.61 Å². The third-order valence-corrected chi connectivity index (χ3v) is 4.05. The predicted octanol–water partition coefficient (Wildman–Crippen LogP) is 5.31. The van der Waals surface area contributed by atoms with Crippen molar-refractivity contribution in [3.8, 4) is 0 Å². The summed E-state index contributed by atoms with van der Waals surface area (Å²) in [7, 11) is 0. The first kappa shape index (κ1) is 20.3. The van der Waals surface area contributed by atoms with E-state index in [-0.39, 0.29) is 23.4 Å². The van der Waals surface area contributed by atoms with E-state index in [2.05, 4.69) is 39.8 Å². The van der Waals surface area contributed by atoms with Crippen LogP contribution in [0.3, 0.4) is 0 Å². The zero-order chi connectivity index (χ0) is 18.3. The van der Waals surface area contributed by atoms with Crippen LogP contribution in [0, 0.1) is 17.3 Å². The number of carbonyl (C=O) groups is 1. The quantitative estimate of drug-likeness (QED) is 0.478. The molecule has 0 bridgehead atoms. The SMILES string of the molecule is C/C(=C/OC(C(C)C)C(C)(C)COC(=O)C(C)C)c1ccccc1. The molecule has 0 aliphatic rings. The maximum Gasteiger partial charge on any atom is 0.308 e. The Balaban J connectivity index is 2.80. The van der Waals surface area contributed by atoms with E-state index in [1.165, 1.54) is 0 Å². The fourth-order valence-corrected chi connectivity index (χ4v) is 2.69. The molecular weight excluding hydrogens is 300 g/mol. The molecule has 3 nitrogen and oxygen atoms in total. The van der Waals surface area contributed by atoms with E-state index in [1.807, 2.05) is 45.2 Å². The van der Waals surface area contributed by atoms with Gasteiger partial charge < -0.3 is 9.47 Å². The van der Waals surface area contributed by atoms with Crippen LogP contribution in [0.1, 0.15) is 54.0 Å². The van der Waals surface area contributed by atoms with Crippen LogP contribution in [-0.4, -0.2) is 18.7 Å². The van der Waals surface area contributed by atoms with Gasteiger partial charge in [0, 0.05) is 5.41 Å². The normalized spacial score (nSPS) is 14.0. The van der Waals surface area contributed by atoms with Crippen LogP contribution in [0.5, 0.6) is 0 Å². The van der Waals surface area contributed by atoms with Gasteiger partial charge in [-0.1, -0.05) is 71.9 Å². The summed E-state index contributed by atoms with van der Waals surface area (Å²) in [5.41, 5.74) is 1.95. The molecule has 3 heteroatoms. The molecular formula is C21H32O3. The van der Waals surface area contributed by atoms with E-state index in [9.17, 15) is 4.79 Å². The van der Waals surface area contributed by atoms with E-state index in [1.54, 1.807) is 0 Å². The fourth-order valence-electron chi connectivity index (χ4n) is 2.69. The highest BCUT2D eigenvalue weighted by Gasteiger charge is 2.35. The minimum Gasteiger partial charge on any atom is -0.497 e. The highest BCUT2D eigenvalue weighted by molar-refractivity contribution is 5.71. The lowest BCUT2D eigenvalue weighted by Gasteiger charge is -2.36. The topological polar surface area (TPSA) is 35.5 Å². The van der Waals surface area contributed by atoms with E-state index in [0.717, 1.165) is 11.1 Å². The van der Waals surface area contributed by atoms with Crippen LogP contribution in [0.4, 0.5) is 0 Å². The van der Waals surface area contributed by atoms with E-state index >= 15 is 0 Å². The van der Waals surface area contributed by atoms with Gasteiger partial charge in [0.15, 0.2) is 0 Å². The second-order valence-corrected chi connectivity index (χ2v) is 7.72. The molecule has 0 fully saturated rings. The van der Waals surface area contributed by atoms with Gasteiger partial charge in [-0.3, -0.25) is 4.79 Å². The standard InChI is InChI=1S/C21H32O3/c1-15(2)19(21(6,7)14-24-20(22)16(3)4)23-13-17(5)18-11-9-8-10-12-18/h8-13,15-16,19H,14H2,1-7H3/b17-13-. The van der Waals surface area contributed by atoms with E-state index < -0.39 is 0 Å². The average molecular weight is 332 g/mol. The monoisotopic (exact) mass is 332 g/mol. The van der Waals surface area contributed by atoms with Crippen molar-refractivity contribution >= 4 is 11.5 Å². The lowest BCUT2D eigenvalue weighted by Crippen LogP contribution is -2.39. The molecule has 1 aromatic rings. The Morgan fingerprint density at radius 2 is 1.71 bits per heavy atom. The average Bonchev–Trinajstić information content (AvgIpc) is 2.52. The molecule has 1 unspecified atom stereocenters. The third kappa shape index (κ3) is 6.03. The predicted molar refractivity (Wildman–Crippen MR) is 99.4 cm³/mol. The number of benzene rings is 1. The van der Waals surface area contributed by atoms with Gasteiger partial charge in [0.25, 0.3) is 0 Å². The van der Waals surface area contributed by atoms with Crippen LogP contribution in [-0.2, 0) is 14.3 Å². The highest BCUT2D eigenvalue weighted by Crippen LogP contribution is 2.31. The second-order valence-electron chi connectivity index (χ2n) is 7.72. The first-order valence-corrected chi connectivity index (χ1v) is 8.69. The van der Waals surface area contributed by atoms with Gasteiger partial charge in [0.2, 0.25) is 0 Å². The van der Waals surface area contributed by atoms with Crippen LogP contribution in [0.15, 0.2) is 36.6 Å². The van der Waals surface area contributed by atoms with Crippen molar-refractivity contribution in [2.45, 2.75) is 54.6 Å². The van der Waals surface area contributed by atoms with Gasteiger partial charge in [-0.2, -0.15) is 0 Å². The summed E-state index contributed by atoms with van der Waals surface area (Å²) in [5.74, 6) is 0.0265. The number of rotatable bonds is 8. The fraction of sp³-hybridized carbons (Fsp3) is 0.571. The molecule has 1 atom stereocenters. The molecule has 0 aromatic heterocycles. The van der Waals surface area contributed by atoms with Gasteiger partial charge in [-0.05, 0) is 24.0 Å². The van der Waals surface area contributed by atoms with Gasteiger partial charge in [-0.25, -0.2) is 0 Å². The highest BCUT2D eigenvalue weighted by atomic mass is 16.5. The Bertz CT molecular complexity index is 541. The van der Waals surface area contributed by atoms with Crippen LogP contribution in [0.25, 0.3) is 5.57 Å². The van der Waals surface area contributed by atoms with Gasteiger partial charge >= 0.3 is 5.97 Å². The summed E-state index contributed by atoms with van der Waals surface area (Å²) in [6.07, 6.45) is 1.78. The number of carbonyl (C=O) groups excluding carboxylic acids is 1. The molecule has 0 saturated heterocycles. The number of allylic oxidation sites excluding steroid dienone is 1. The largest absolute Gasteiger partial charge is 0.497 e. The summed E-state index contributed by atoms with van der Waals surface area (Å²) in [5, 5.41) is 0. The number of hydrogen-bond acceptors (Lipinski definition) is 3. The van der Waals surface area contributed by atoms with Crippen LogP contribution in [0.2, 0.25) is 0 Å². The maximum atomic E-state index is 11.8. The Morgan fingerprint density at radius 3 is 2.21 bits per heavy atom. The van der Waals surface area contributed by atoms with E-state index in [4.69, 9.17) is 9.47 Å². The van der Waals surface area contributed by atoms with Crippen molar-refractivity contribution in [1.82, 2.24) is 0 Å². The van der Waals surface area contributed by atoms with Crippen molar-refractivity contribution in [2.24, 2.45) is 17.3 Å². The van der Waals surface area contributed by atoms with Crippen molar-refractivity contribution in [3.05, 3.63) is 42.2 Å². The van der Waals surface area contributed by atoms with Crippen molar-refractivity contribution < 1.29 is 14.3 Å². The van der Waals surface area contributed by atoms with Gasteiger partial charge in [0.1, 0.15) is 6.10 Å². The van der Waals surface area contributed by atoms with Crippen LogP contribution >= 0.6 is 0 Å². The number of esters is 1. The summed E-state index contributed by atoms with van der Waals surface area (Å²) in [4.78, 5) is 11.8. The molecule has 24 heavy (non-hydrogen) atoms. The molecule has 0 N–H and O–H groups in total. The zero-order valence-corrected chi connectivity index (χ0v) is 16.1. The summed E-state index contributed by atoms with van der Waals surface area (Å²) >= 11 is 0. The summed E-state index contributed by atoms with van der Waals surface area (Å²) in [6, 6.07) is 10.2. The van der Waals surface area contributed by atoms with Crippen LogP contribution < -0.4 is 0 Å². The molecule has 0 heterocycles. The molecule has 134 valence electrons. The molecule has 0 saturated carbocycles.